The van der Waals surface area contributed by atoms with E-state index in [0.29, 0.717) is 28.5 Å². The fourth-order valence-electron chi connectivity index (χ4n) is 2.62. The van der Waals surface area contributed by atoms with Crippen LogP contribution in [-0.2, 0) is 0 Å². The van der Waals surface area contributed by atoms with Crippen molar-refractivity contribution in [2.45, 2.75) is 38.6 Å². The minimum atomic E-state index is -4.86. The lowest BCUT2D eigenvalue weighted by molar-refractivity contribution is -0.254. The number of hydrogen-bond acceptors (Lipinski definition) is 6. The molecule has 0 bridgehead atoms. The fraction of sp³-hybridized carbons (Fsp3) is 0.438. The lowest BCUT2D eigenvalue weighted by atomic mass is 9.99. The van der Waals surface area contributed by atoms with Gasteiger partial charge in [0.1, 0.15) is 5.69 Å². The first kappa shape index (κ1) is 17.8. The highest BCUT2D eigenvalue weighted by atomic mass is 32.1. The van der Waals surface area contributed by atoms with Gasteiger partial charge >= 0.3 is 6.18 Å². The normalized spacial score (nSPS) is 21.1. The van der Waals surface area contributed by atoms with Crippen molar-refractivity contribution >= 4 is 22.2 Å². The number of thiazole rings is 1. The Hall–Kier alpha value is -2.00. The molecular weight excluding hydrogens is 353 g/mol. The summed E-state index contributed by atoms with van der Waals surface area (Å²) in [5, 5.41) is 16.6. The molecule has 9 heteroatoms. The summed E-state index contributed by atoms with van der Waals surface area (Å²) >= 11 is 0.989. The van der Waals surface area contributed by atoms with Gasteiger partial charge in [-0.1, -0.05) is 19.9 Å². The van der Waals surface area contributed by atoms with Gasteiger partial charge in [-0.15, -0.1) is 11.3 Å². The molecule has 1 unspecified atom stereocenters. The third-order valence-electron chi connectivity index (χ3n) is 3.74. The van der Waals surface area contributed by atoms with Crippen LogP contribution in [0, 0.1) is 5.92 Å². The van der Waals surface area contributed by atoms with Gasteiger partial charge in [-0.3, -0.25) is 4.98 Å². The Kier molecular flexibility index (Phi) is 4.54. The van der Waals surface area contributed by atoms with E-state index >= 15 is 0 Å². The largest absolute Gasteiger partial charge is 0.438 e. The molecule has 5 nitrogen and oxygen atoms in total. The Labute approximate surface area is 146 Å². The van der Waals surface area contributed by atoms with E-state index < -0.39 is 18.3 Å². The number of nitrogens with zero attached hydrogens (tertiary/aromatic N) is 4. The van der Waals surface area contributed by atoms with Gasteiger partial charge in [0.2, 0.25) is 5.13 Å². The van der Waals surface area contributed by atoms with Crippen LogP contribution in [0.5, 0.6) is 0 Å². The summed E-state index contributed by atoms with van der Waals surface area (Å²) in [5.74, 6) is 0.136. The lowest BCUT2D eigenvalue weighted by Gasteiger charge is -2.32. The number of aromatic nitrogens is 2. The van der Waals surface area contributed by atoms with Gasteiger partial charge in [-0.25, -0.2) is 4.98 Å². The molecule has 3 heterocycles. The van der Waals surface area contributed by atoms with Crippen molar-refractivity contribution in [2.24, 2.45) is 11.0 Å². The van der Waals surface area contributed by atoms with Crippen molar-refractivity contribution < 1.29 is 18.3 Å². The van der Waals surface area contributed by atoms with Gasteiger partial charge in [0, 0.05) is 23.7 Å². The number of hydrogen-bond donors (Lipinski definition) is 1. The van der Waals surface area contributed by atoms with Crippen LogP contribution >= 0.6 is 11.3 Å². The monoisotopic (exact) mass is 370 g/mol. The number of halogens is 3. The molecular formula is C16H17F3N4OS. The zero-order chi connectivity index (χ0) is 18.2. The summed E-state index contributed by atoms with van der Waals surface area (Å²) in [4.78, 5) is 8.33. The quantitative estimate of drug-likeness (QED) is 0.881. The van der Waals surface area contributed by atoms with E-state index in [9.17, 15) is 18.3 Å². The van der Waals surface area contributed by atoms with Crippen LogP contribution in [0.1, 0.15) is 26.7 Å². The second kappa shape index (κ2) is 6.38. The predicted molar refractivity (Wildman–Crippen MR) is 90.3 cm³/mol. The number of alkyl halides is 3. The molecule has 0 saturated carbocycles. The van der Waals surface area contributed by atoms with Crippen LogP contribution in [0.25, 0.3) is 11.4 Å². The molecule has 0 spiro atoms. The van der Waals surface area contributed by atoms with E-state index in [4.69, 9.17) is 0 Å². The predicted octanol–water partition coefficient (Wildman–Crippen LogP) is 4.07. The second-order valence-corrected chi connectivity index (χ2v) is 7.13. The van der Waals surface area contributed by atoms with Crippen LogP contribution in [0.15, 0.2) is 34.9 Å². The zero-order valence-corrected chi connectivity index (χ0v) is 14.5. The molecule has 134 valence electrons. The standard InChI is InChI=1S/C16H17F3N4OS/c1-10(2)7-11-8-15(24,16(17,18)19)23(22-11)14-21-13(9-25-14)12-5-3-4-6-20-12/h3-6,9-10,24H,7-8H2,1-2H3. The number of anilines is 1. The van der Waals surface area contributed by atoms with Crippen LogP contribution in [0.4, 0.5) is 18.3 Å². The highest BCUT2D eigenvalue weighted by molar-refractivity contribution is 7.14. The molecule has 25 heavy (non-hydrogen) atoms. The first-order valence-electron chi connectivity index (χ1n) is 7.73. The van der Waals surface area contributed by atoms with Crippen molar-refractivity contribution in [3.63, 3.8) is 0 Å². The Balaban J connectivity index is 1.97. The summed E-state index contributed by atoms with van der Waals surface area (Å²) < 4.78 is 40.6. The second-order valence-electron chi connectivity index (χ2n) is 6.30. The first-order chi connectivity index (χ1) is 11.7. The molecule has 1 aliphatic rings. The molecule has 0 aromatic carbocycles. The van der Waals surface area contributed by atoms with Crippen molar-refractivity contribution in [1.29, 1.82) is 0 Å². The third kappa shape index (κ3) is 3.38. The van der Waals surface area contributed by atoms with E-state index in [0.717, 1.165) is 11.3 Å². The minimum absolute atomic E-state index is 0.0146. The van der Waals surface area contributed by atoms with Crippen molar-refractivity contribution in [1.82, 2.24) is 9.97 Å². The molecule has 2 aromatic heterocycles. The maximum Gasteiger partial charge on any atom is 0.438 e. The first-order valence-corrected chi connectivity index (χ1v) is 8.61. The summed E-state index contributed by atoms with van der Waals surface area (Å²) in [6.07, 6.45) is -3.47. The summed E-state index contributed by atoms with van der Waals surface area (Å²) in [6, 6.07) is 5.22. The minimum Gasteiger partial charge on any atom is -0.362 e. The van der Waals surface area contributed by atoms with Gasteiger partial charge < -0.3 is 5.11 Å². The fourth-order valence-corrected chi connectivity index (χ4v) is 3.45. The van der Waals surface area contributed by atoms with E-state index in [1.165, 1.54) is 0 Å². The van der Waals surface area contributed by atoms with Gasteiger partial charge in [-0.2, -0.15) is 23.3 Å². The van der Waals surface area contributed by atoms with E-state index in [1.54, 1.807) is 29.8 Å². The Bertz CT molecular complexity index is 775. The van der Waals surface area contributed by atoms with Gasteiger partial charge in [0.25, 0.3) is 5.72 Å². The molecule has 3 rings (SSSR count). The average molecular weight is 370 g/mol. The van der Waals surface area contributed by atoms with Crippen LogP contribution in [-0.4, -0.2) is 32.7 Å². The number of aliphatic hydroxyl groups is 1. The zero-order valence-electron chi connectivity index (χ0n) is 13.7. The van der Waals surface area contributed by atoms with E-state index in [1.807, 2.05) is 13.8 Å². The molecule has 0 amide bonds. The Morgan fingerprint density at radius 1 is 1.32 bits per heavy atom. The maximum absolute atomic E-state index is 13.5. The highest BCUT2D eigenvalue weighted by Gasteiger charge is 2.62. The van der Waals surface area contributed by atoms with E-state index in [-0.39, 0.29) is 11.0 Å². The average Bonchev–Trinajstić information content (AvgIpc) is 3.12. The molecule has 0 aliphatic carbocycles. The molecule has 2 aromatic rings. The molecule has 1 atom stereocenters. The van der Waals surface area contributed by atoms with Crippen LogP contribution in [0.2, 0.25) is 0 Å². The number of hydrazone groups is 1. The Morgan fingerprint density at radius 2 is 2.08 bits per heavy atom. The number of rotatable bonds is 4. The Morgan fingerprint density at radius 3 is 2.68 bits per heavy atom. The molecule has 1 aliphatic heterocycles. The summed E-state index contributed by atoms with van der Waals surface area (Å²) in [5.41, 5.74) is -1.77. The van der Waals surface area contributed by atoms with E-state index in [2.05, 4.69) is 15.1 Å². The topological polar surface area (TPSA) is 61.6 Å². The smallest absolute Gasteiger partial charge is 0.362 e. The third-order valence-corrected chi connectivity index (χ3v) is 4.56. The van der Waals surface area contributed by atoms with Crippen molar-refractivity contribution in [2.75, 3.05) is 5.01 Å². The highest BCUT2D eigenvalue weighted by Crippen LogP contribution is 2.44. The number of pyridine rings is 1. The van der Waals surface area contributed by atoms with Gasteiger partial charge in [-0.05, 0) is 24.5 Å². The van der Waals surface area contributed by atoms with Crippen LogP contribution < -0.4 is 5.01 Å². The summed E-state index contributed by atoms with van der Waals surface area (Å²) in [7, 11) is 0. The molecule has 0 saturated heterocycles. The maximum atomic E-state index is 13.5. The molecule has 1 N–H and O–H groups in total. The SMILES string of the molecule is CC(C)CC1=NN(c2nc(-c3ccccn3)cs2)C(O)(C(F)(F)F)C1. The van der Waals surface area contributed by atoms with Crippen LogP contribution in [0.3, 0.4) is 0 Å². The van der Waals surface area contributed by atoms with Crippen molar-refractivity contribution in [3.05, 3.63) is 29.8 Å². The van der Waals surface area contributed by atoms with Gasteiger partial charge in [0.05, 0.1) is 5.69 Å². The van der Waals surface area contributed by atoms with Crippen molar-refractivity contribution in [3.8, 4) is 11.4 Å². The molecule has 0 radical (unpaired) electrons. The molecule has 0 fully saturated rings. The lowest BCUT2D eigenvalue weighted by Crippen LogP contribution is -2.55. The van der Waals surface area contributed by atoms with Gasteiger partial charge in [0.15, 0.2) is 0 Å². The summed E-state index contributed by atoms with van der Waals surface area (Å²) in [6.45, 7) is 3.78.